The highest BCUT2D eigenvalue weighted by Gasteiger charge is 2.48. The first kappa shape index (κ1) is 23.4. The number of aromatic nitrogens is 1. The van der Waals surface area contributed by atoms with Gasteiger partial charge in [-0.1, -0.05) is 23.5 Å². The molecule has 10 heteroatoms. The number of methoxy groups -OCH3 is 1. The van der Waals surface area contributed by atoms with Gasteiger partial charge in [-0.3, -0.25) is 14.5 Å². The molecule has 1 amide bonds. The van der Waals surface area contributed by atoms with Crippen molar-refractivity contribution in [1.29, 1.82) is 0 Å². The van der Waals surface area contributed by atoms with E-state index in [1.54, 1.807) is 25.1 Å². The number of aryl methyl sites for hydroxylation is 1. The topological polar surface area (TPSA) is 100.0 Å². The van der Waals surface area contributed by atoms with Crippen LogP contribution in [0.3, 0.4) is 0 Å². The van der Waals surface area contributed by atoms with Crippen LogP contribution in [-0.2, 0) is 9.59 Å². The van der Waals surface area contributed by atoms with E-state index in [1.165, 1.54) is 31.4 Å². The summed E-state index contributed by atoms with van der Waals surface area (Å²) in [5.41, 5.74) is 0.958. The predicted molar refractivity (Wildman–Crippen MR) is 130 cm³/mol. The van der Waals surface area contributed by atoms with Gasteiger partial charge in [0.2, 0.25) is 0 Å². The third-order valence-corrected chi connectivity index (χ3v) is 6.95. The number of hydrogen-bond acceptors (Lipinski definition) is 7. The molecule has 0 radical (unpaired) electrons. The minimum Gasteiger partial charge on any atom is -0.508 e. The van der Waals surface area contributed by atoms with E-state index in [1.807, 2.05) is 0 Å². The number of ether oxygens (including phenoxy) is 1. The molecule has 4 aromatic rings. The maximum absolute atomic E-state index is 14.4. The quantitative estimate of drug-likeness (QED) is 0.223. The van der Waals surface area contributed by atoms with Gasteiger partial charge >= 0.3 is 5.91 Å². The van der Waals surface area contributed by atoms with E-state index >= 15 is 0 Å². The Morgan fingerprint density at radius 2 is 1.81 bits per heavy atom. The number of halogens is 2. The van der Waals surface area contributed by atoms with Gasteiger partial charge < -0.3 is 14.9 Å². The predicted octanol–water partition coefficient (Wildman–Crippen LogP) is 5.22. The highest BCUT2D eigenvalue weighted by Crippen LogP contribution is 2.45. The number of thiazole rings is 1. The van der Waals surface area contributed by atoms with Crippen LogP contribution in [0.25, 0.3) is 16.0 Å². The summed E-state index contributed by atoms with van der Waals surface area (Å²) in [5, 5.41) is 21.0. The third kappa shape index (κ3) is 3.75. The van der Waals surface area contributed by atoms with Gasteiger partial charge in [-0.05, 0) is 54.4 Å². The van der Waals surface area contributed by atoms with Gasteiger partial charge in [0.25, 0.3) is 5.78 Å². The minimum atomic E-state index is -1.14. The largest absolute Gasteiger partial charge is 0.508 e. The molecule has 2 N–H and O–H groups in total. The molecule has 0 bridgehead atoms. The molecule has 0 spiro atoms. The zero-order chi connectivity index (χ0) is 25.7. The molecule has 1 aromatic heterocycles. The highest BCUT2D eigenvalue weighted by atomic mass is 32.1. The normalized spacial score (nSPS) is 17.2. The lowest BCUT2D eigenvalue weighted by Crippen LogP contribution is -2.29. The Morgan fingerprint density at radius 3 is 2.47 bits per heavy atom. The van der Waals surface area contributed by atoms with Crippen molar-refractivity contribution in [3.8, 4) is 11.5 Å². The Hall–Kier alpha value is -4.31. The van der Waals surface area contributed by atoms with Crippen LogP contribution in [-0.4, -0.2) is 34.0 Å². The lowest BCUT2D eigenvalue weighted by Gasteiger charge is -2.23. The second-order valence-corrected chi connectivity index (χ2v) is 9.18. The highest BCUT2D eigenvalue weighted by molar-refractivity contribution is 7.22. The van der Waals surface area contributed by atoms with E-state index in [-0.39, 0.29) is 26.7 Å². The molecule has 1 saturated heterocycles. The summed E-state index contributed by atoms with van der Waals surface area (Å²) in [6, 6.07) is 11.2. The molecular formula is C26H18F2N2O5S. The van der Waals surface area contributed by atoms with Crippen LogP contribution in [0.5, 0.6) is 11.5 Å². The van der Waals surface area contributed by atoms with Gasteiger partial charge in [-0.2, -0.15) is 0 Å². The number of carbonyl (C=O) groups is 2. The molecule has 1 atom stereocenters. The van der Waals surface area contributed by atoms with Crippen molar-refractivity contribution < 1.29 is 33.3 Å². The summed E-state index contributed by atoms with van der Waals surface area (Å²) in [5.74, 6) is -3.57. The first-order chi connectivity index (χ1) is 17.2. The molecule has 1 unspecified atom stereocenters. The number of hydrogen-bond donors (Lipinski definition) is 2. The lowest BCUT2D eigenvalue weighted by molar-refractivity contribution is -0.132. The SMILES string of the molecule is COc1ccc(/C(O)=C2\C(=O)C(=O)N(c3nc4c(F)cc(F)cc4s3)C2c2ccc(O)cc2)c(C)c1. The average Bonchev–Trinajstić information content (AvgIpc) is 3.38. The van der Waals surface area contributed by atoms with Crippen LogP contribution in [0.1, 0.15) is 22.7 Å². The first-order valence-corrected chi connectivity index (χ1v) is 11.5. The lowest BCUT2D eigenvalue weighted by atomic mass is 9.94. The number of aromatic hydroxyl groups is 1. The van der Waals surface area contributed by atoms with E-state index < -0.39 is 35.1 Å². The Balaban J connectivity index is 1.74. The fourth-order valence-electron chi connectivity index (χ4n) is 4.22. The Morgan fingerprint density at radius 1 is 1.08 bits per heavy atom. The van der Waals surface area contributed by atoms with Crippen LogP contribution in [0.4, 0.5) is 13.9 Å². The van der Waals surface area contributed by atoms with Crippen LogP contribution in [0.15, 0.2) is 60.2 Å². The first-order valence-electron chi connectivity index (χ1n) is 10.7. The fourth-order valence-corrected chi connectivity index (χ4v) is 5.26. The summed E-state index contributed by atoms with van der Waals surface area (Å²) in [4.78, 5) is 31.8. The summed E-state index contributed by atoms with van der Waals surface area (Å²) < 4.78 is 33.5. The van der Waals surface area contributed by atoms with Gasteiger partial charge in [0.05, 0.1) is 23.4 Å². The maximum atomic E-state index is 14.4. The number of ketones is 1. The van der Waals surface area contributed by atoms with Gasteiger partial charge in [0, 0.05) is 11.6 Å². The molecule has 3 aromatic carbocycles. The second-order valence-electron chi connectivity index (χ2n) is 8.17. The average molecular weight is 509 g/mol. The number of fused-ring (bicyclic) bond motifs is 1. The van der Waals surface area contributed by atoms with Gasteiger partial charge in [0.1, 0.15) is 28.6 Å². The Kier molecular flexibility index (Phi) is 5.68. The summed E-state index contributed by atoms with van der Waals surface area (Å²) >= 11 is 0.839. The number of phenolic OH excluding ortho intramolecular Hbond substituents is 1. The molecular weight excluding hydrogens is 490 g/mol. The molecule has 0 saturated carbocycles. The number of amides is 1. The summed E-state index contributed by atoms with van der Waals surface area (Å²) in [6.45, 7) is 1.72. The van der Waals surface area contributed by atoms with Gasteiger partial charge in [0.15, 0.2) is 10.9 Å². The maximum Gasteiger partial charge on any atom is 0.301 e. The molecule has 1 fully saturated rings. The monoisotopic (exact) mass is 508 g/mol. The number of rotatable bonds is 4. The van der Waals surface area contributed by atoms with Crippen LogP contribution in [0.2, 0.25) is 0 Å². The number of benzene rings is 3. The number of carbonyl (C=O) groups excluding carboxylic acids is 2. The smallest absolute Gasteiger partial charge is 0.301 e. The molecule has 2 heterocycles. The molecule has 0 aliphatic carbocycles. The van der Waals surface area contributed by atoms with Gasteiger partial charge in [-0.15, -0.1) is 0 Å². The van der Waals surface area contributed by atoms with Crippen molar-refractivity contribution >= 4 is 44.1 Å². The summed E-state index contributed by atoms with van der Waals surface area (Å²) in [7, 11) is 1.50. The number of anilines is 1. The van der Waals surface area contributed by atoms with Gasteiger partial charge in [-0.25, -0.2) is 13.8 Å². The number of Topliss-reactive ketones (excluding diaryl/α,β-unsaturated/α-hetero) is 1. The third-order valence-electron chi connectivity index (χ3n) is 5.95. The van der Waals surface area contributed by atoms with Crippen molar-refractivity contribution in [2.24, 2.45) is 0 Å². The minimum absolute atomic E-state index is 0.0415. The van der Waals surface area contributed by atoms with E-state index in [0.717, 1.165) is 22.3 Å². The molecule has 5 rings (SSSR count). The van der Waals surface area contributed by atoms with Crippen molar-refractivity contribution in [1.82, 2.24) is 4.98 Å². The Bertz CT molecular complexity index is 1580. The second kappa shape index (κ2) is 8.72. The number of phenols is 1. The molecule has 36 heavy (non-hydrogen) atoms. The van der Waals surface area contributed by atoms with E-state index in [4.69, 9.17) is 4.74 Å². The van der Waals surface area contributed by atoms with Crippen LogP contribution >= 0.6 is 11.3 Å². The van der Waals surface area contributed by atoms with E-state index in [2.05, 4.69) is 4.98 Å². The molecule has 1 aliphatic rings. The number of aliphatic hydroxyl groups is 1. The van der Waals surface area contributed by atoms with Crippen molar-refractivity contribution in [2.75, 3.05) is 12.0 Å². The number of nitrogens with zero attached hydrogens (tertiary/aromatic N) is 2. The number of aliphatic hydroxyl groups excluding tert-OH is 1. The molecule has 182 valence electrons. The Labute approximate surface area is 207 Å². The summed E-state index contributed by atoms with van der Waals surface area (Å²) in [6.07, 6.45) is 0. The fraction of sp³-hybridized carbons (Fsp3) is 0.115. The van der Waals surface area contributed by atoms with E-state index in [0.29, 0.717) is 28.5 Å². The zero-order valence-corrected chi connectivity index (χ0v) is 19.8. The molecule has 7 nitrogen and oxygen atoms in total. The van der Waals surface area contributed by atoms with Crippen molar-refractivity contribution in [2.45, 2.75) is 13.0 Å². The molecule has 1 aliphatic heterocycles. The van der Waals surface area contributed by atoms with Crippen molar-refractivity contribution in [3.63, 3.8) is 0 Å². The van der Waals surface area contributed by atoms with Crippen LogP contribution in [0, 0.1) is 18.6 Å². The van der Waals surface area contributed by atoms with E-state index in [9.17, 15) is 28.6 Å². The zero-order valence-electron chi connectivity index (χ0n) is 19.0. The standard InChI is InChI=1S/C26H18F2N2O5S/c1-12-9-16(35-2)7-8-17(12)23(32)20-22(13-3-5-15(31)6-4-13)30(25(34)24(20)33)26-29-21-18(28)10-14(27)11-19(21)36-26/h3-11,22,31-32H,1-2H3/b23-20+. The van der Waals surface area contributed by atoms with Crippen molar-refractivity contribution in [3.05, 3.63) is 88.5 Å². The van der Waals surface area contributed by atoms with Crippen LogP contribution < -0.4 is 9.64 Å².